The van der Waals surface area contributed by atoms with Crippen molar-refractivity contribution in [1.29, 1.82) is 0 Å². The third-order valence-electron chi connectivity index (χ3n) is 7.66. The van der Waals surface area contributed by atoms with Gasteiger partial charge in [0.1, 0.15) is 0 Å². The average Bonchev–Trinajstić information content (AvgIpc) is 3.27. The van der Waals surface area contributed by atoms with Crippen molar-refractivity contribution in [2.24, 2.45) is 0 Å². The summed E-state index contributed by atoms with van der Waals surface area (Å²) in [5, 5.41) is 9.09. The molecule has 182 valence electrons. The number of rotatable bonds is 6. The second kappa shape index (κ2) is 9.88. The van der Waals surface area contributed by atoms with Gasteiger partial charge < -0.3 is 10.6 Å². The zero-order valence-electron chi connectivity index (χ0n) is 20.9. The topological polar surface area (TPSA) is 44.4 Å². The van der Waals surface area contributed by atoms with Gasteiger partial charge in [-0.05, 0) is 62.7 Å². The molecule has 0 bridgehead atoms. The van der Waals surface area contributed by atoms with Crippen molar-refractivity contribution >= 4 is 16.7 Å². The van der Waals surface area contributed by atoms with Gasteiger partial charge in [0.25, 0.3) is 5.91 Å². The molecule has 1 amide bonds. The van der Waals surface area contributed by atoms with E-state index < -0.39 is 0 Å². The molecular formula is C32H33N3O. The second-order valence-corrected chi connectivity index (χ2v) is 9.90. The van der Waals surface area contributed by atoms with Crippen molar-refractivity contribution in [3.8, 4) is 22.3 Å². The Morgan fingerprint density at radius 2 is 1.64 bits per heavy atom. The summed E-state index contributed by atoms with van der Waals surface area (Å²) in [5.74, 6) is 0.0164. The van der Waals surface area contributed by atoms with Gasteiger partial charge in [0.15, 0.2) is 0 Å². The Morgan fingerprint density at radius 1 is 0.889 bits per heavy atom. The van der Waals surface area contributed by atoms with E-state index in [1.54, 1.807) is 0 Å². The number of nitrogens with zero attached hydrogens (tertiary/aromatic N) is 1. The van der Waals surface area contributed by atoms with Crippen LogP contribution in [0.2, 0.25) is 0 Å². The van der Waals surface area contributed by atoms with Gasteiger partial charge in [0.05, 0.1) is 6.04 Å². The number of unbranched alkanes of at least 4 members (excludes halogenated alkanes) is 1. The summed E-state index contributed by atoms with van der Waals surface area (Å²) in [4.78, 5) is 16.0. The minimum absolute atomic E-state index is 0.0164. The van der Waals surface area contributed by atoms with Crippen LogP contribution in [0.4, 0.5) is 0 Å². The molecule has 2 aliphatic rings. The molecule has 36 heavy (non-hydrogen) atoms. The van der Waals surface area contributed by atoms with Crippen molar-refractivity contribution in [2.45, 2.75) is 25.8 Å². The highest BCUT2D eigenvalue weighted by molar-refractivity contribution is 6.05. The van der Waals surface area contributed by atoms with E-state index in [1.807, 2.05) is 0 Å². The lowest BCUT2D eigenvalue weighted by molar-refractivity contribution is 0.0953. The lowest BCUT2D eigenvalue weighted by Crippen LogP contribution is -2.45. The fourth-order valence-electron chi connectivity index (χ4n) is 5.93. The Balaban J connectivity index is 1.59. The molecule has 4 aromatic rings. The molecule has 1 aliphatic heterocycles. The van der Waals surface area contributed by atoms with Crippen LogP contribution in [0.15, 0.2) is 78.9 Å². The van der Waals surface area contributed by atoms with E-state index in [0.717, 1.165) is 50.1 Å². The highest BCUT2D eigenvalue weighted by Gasteiger charge is 2.36. The normalized spacial score (nSPS) is 17.1. The van der Waals surface area contributed by atoms with E-state index >= 15 is 0 Å². The number of piperazine rings is 1. The first-order valence-corrected chi connectivity index (χ1v) is 13.2. The number of hydrogen-bond donors (Lipinski definition) is 2. The molecule has 0 spiro atoms. The van der Waals surface area contributed by atoms with Crippen molar-refractivity contribution in [3.63, 3.8) is 0 Å². The van der Waals surface area contributed by atoms with Crippen molar-refractivity contribution in [2.75, 3.05) is 32.7 Å². The number of nitrogens with one attached hydrogen (secondary N) is 2. The summed E-state index contributed by atoms with van der Waals surface area (Å²) >= 11 is 0. The van der Waals surface area contributed by atoms with Crippen LogP contribution in [0.25, 0.3) is 33.0 Å². The standard InChI is InChI=1S/C32H33N3O/c1-2-3-15-34-32(36)23-20-28(25-14-8-10-22-9-4-5-11-24(22)25)30-26-12-6-7-13-27(26)31(29(30)21-23)35-18-16-33-17-19-35/h4-14,20-21,31,33H,2-3,15-19H2,1H3,(H,34,36). The van der Waals surface area contributed by atoms with Gasteiger partial charge in [-0.3, -0.25) is 9.69 Å². The first-order valence-electron chi connectivity index (χ1n) is 13.2. The van der Waals surface area contributed by atoms with Gasteiger partial charge in [-0.2, -0.15) is 0 Å². The molecule has 1 heterocycles. The molecule has 0 saturated carbocycles. The van der Waals surface area contributed by atoms with Crippen molar-refractivity contribution < 1.29 is 4.79 Å². The molecule has 1 aliphatic carbocycles. The Labute approximate surface area is 213 Å². The molecule has 6 rings (SSSR count). The molecule has 2 N–H and O–H groups in total. The van der Waals surface area contributed by atoms with E-state index in [4.69, 9.17) is 0 Å². The van der Waals surface area contributed by atoms with Gasteiger partial charge in [0.2, 0.25) is 0 Å². The van der Waals surface area contributed by atoms with Crippen LogP contribution in [0.1, 0.15) is 47.3 Å². The summed E-state index contributed by atoms with van der Waals surface area (Å²) < 4.78 is 0. The van der Waals surface area contributed by atoms with Gasteiger partial charge in [0, 0.05) is 38.3 Å². The maximum Gasteiger partial charge on any atom is 0.251 e. The fourth-order valence-corrected chi connectivity index (χ4v) is 5.93. The predicted molar refractivity (Wildman–Crippen MR) is 148 cm³/mol. The molecule has 1 saturated heterocycles. The first kappa shape index (κ1) is 23.0. The van der Waals surface area contributed by atoms with Crippen LogP contribution in [-0.2, 0) is 0 Å². The van der Waals surface area contributed by atoms with Gasteiger partial charge in [-0.25, -0.2) is 0 Å². The number of carbonyl (C=O) groups is 1. The largest absolute Gasteiger partial charge is 0.352 e. The Morgan fingerprint density at radius 3 is 2.50 bits per heavy atom. The Hall–Kier alpha value is -3.47. The average molecular weight is 476 g/mol. The summed E-state index contributed by atoms with van der Waals surface area (Å²) in [5.41, 5.74) is 8.25. The zero-order valence-corrected chi connectivity index (χ0v) is 20.9. The van der Waals surface area contributed by atoms with Crippen LogP contribution >= 0.6 is 0 Å². The first-order chi connectivity index (χ1) is 17.8. The monoisotopic (exact) mass is 475 g/mol. The summed E-state index contributed by atoms with van der Waals surface area (Å²) in [6, 6.07) is 28.3. The van der Waals surface area contributed by atoms with Gasteiger partial charge >= 0.3 is 0 Å². The zero-order chi connectivity index (χ0) is 24.5. The molecule has 1 fully saturated rings. The molecule has 0 aromatic heterocycles. The SMILES string of the molecule is CCCCNC(=O)c1cc(-c2cccc3ccccc23)c2c(c1)C(N1CCNCC1)c1ccccc1-2. The second-order valence-electron chi connectivity index (χ2n) is 9.90. The maximum absolute atomic E-state index is 13.4. The highest BCUT2D eigenvalue weighted by Crippen LogP contribution is 2.51. The number of hydrogen-bond acceptors (Lipinski definition) is 3. The Bertz CT molecular complexity index is 1420. The summed E-state index contributed by atoms with van der Waals surface area (Å²) in [7, 11) is 0. The number of carbonyl (C=O) groups excluding carboxylic acids is 1. The minimum Gasteiger partial charge on any atom is -0.352 e. The lowest BCUT2D eigenvalue weighted by atomic mass is 9.89. The third-order valence-corrected chi connectivity index (χ3v) is 7.66. The third kappa shape index (κ3) is 4.01. The van der Waals surface area contributed by atoms with E-state index in [-0.39, 0.29) is 11.9 Å². The van der Waals surface area contributed by atoms with Gasteiger partial charge in [-0.1, -0.05) is 80.1 Å². The number of amides is 1. The van der Waals surface area contributed by atoms with Crippen molar-refractivity contribution in [3.05, 3.63) is 95.6 Å². The summed E-state index contributed by atoms with van der Waals surface area (Å²) in [6.45, 7) is 6.82. The number of benzene rings is 4. The number of fused-ring (bicyclic) bond motifs is 4. The molecule has 4 heteroatoms. The van der Waals surface area contributed by atoms with E-state index in [2.05, 4.69) is 101 Å². The lowest BCUT2D eigenvalue weighted by Gasteiger charge is -2.34. The molecule has 4 nitrogen and oxygen atoms in total. The Kier molecular flexibility index (Phi) is 6.30. The van der Waals surface area contributed by atoms with Gasteiger partial charge in [-0.15, -0.1) is 0 Å². The van der Waals surface area contributed by atoms with Crippen LogP contribution in [0.5, 0.6) is 0 Å². The predicted octanol–water partition coefficient (Wildman–Crippen LogP) is 6.01. The summed E-state index contributed by atoms with van der Waals surface area (Å²) in [6.07, 6.45) is 2.05. The molecule has 1 atom stereocenters. The van der Waals surface area contributed by atoms with Crippen LogP contribution < -0.4 is 10.6 Å². The molecule has 4 aromatic carbocycles. The fraction of sp³-hybridized carbons (Fsp3) is 0.281. The van der Waals surface area contributed by atoms with Crippen LogP contribution in [0, 0.1) is 0 Å². The van der Waals surface area contributed by atoms with E-state index in [1.165, 1.54) is 38.6 Å². The van der Waals surface area contributed by atoms with Crippen molar-refractivity contribution in [1.82, 2.24) is 15.5 Å². The van der Waals surface area contributed by atoms with E-state index in [9.17, 15) is 4.79 Å². The molecule has 1 unspecified atom stereocenters. The maximum atomic E-state index is 13.4. The minimum atomic E-state index is 0.0164. The highest BCUT2D eigenvalue weighted by atomic mass is 16.1. The molecular weight excluding hydrogens is 442 g/mol. The molecule has 0 radical (unpaired) electrons. The van der Waals surface area contributed by atoms with Crippen LogP contribution in [-0.4, -0.2) is 43.5 Å². The van der Waals surface area contributed by atoms with Crippen LogP contribution in [0.3, 0.4) is 0 Å². The smallest absolute Gasteiger partial charge is 0.251 e. The van der Waals surface area contributed by atoms with E-state index in [0.29, 0.717) is 6.54 Å². The quantitative estimate of drug-likeness (QED) is 0.336.